The van der Waals surface area contributed by atoms with Gasteiger partial charge >= 0.3 is 0 Å². The summed E-state index contributed by atoms with van der Waals surface area (Å²) in [5, 5.41) is 9.20. The van der Waals surface area contributed by atoms with Gasteiger partial charge in [0.05, 0.1) is 0 Å². The Labute approximate surface area is 140 Å². The van der Waals surface area contributed by atoms with Crippen LogP contribution in [-0.4, -0.2) is 10.9 Å². The summed E-state index contributed by atoms with van der Waals surface area (Å²) >= 11 is 0. The second kappa shape index (κ2) is 12.5. The van der Waals surface area contributed by atoms with Crippen LogP contribution in [0.3, 0.4) is 0 Å². The number of allylic oxidation sites excluding steroid dienone is 5. The van der Waals surface area contributed by atoms with Gasteiger partial charge in [-0.15, -0.1) is 6.58 Å². The van der Waals surface area contributed by atoms with Crippen molar-refractivity contribution in [2.75, 3.05) is 0 Å². The third-order valence-electron chi connectivity index (χ3n) is 3.62. The summed E-state index contributed by atoms with van der Waals surface area (Å²) in [7, 11) is 0. The first kappa shape index (κ1) is 19.0. The van der Waals surface area contributed by atoms with Gasteiger partial charge in [0.15, 0.2) is 5.78 Å². The van der Waals surface area contributed by atoms with Crippen LogP contribution in [0, 0.1) is 0 Å². The third kappa shape index (κ3) is 9.51. The predicted molar refractivity (Wildman–Crippen MR) is 97.9 cm³/mol. The van der Waals surface area contributed by atoms with Crippen molar-refractivity contribution in [3.63, 3.8) is 0 Å². The molecule has 1 N–H and O–H groups in total. The van der Waals surface area contributed by atoms with E-state index in [-0.39, 0.29) is 11.5 Å². The molecule has 1 rings (SSSR count). The standard InChI is InChI=1S/C21H28O2/c1-2-3-4-5-6-7-8-9-10-11-12-13-14-21(23)19-15-17-20(22)18-16-19/h2,4-5,7-8,15-18,22H,1,3,6,9-14H2. The first-order valence-electron chi connectivity index (χ1n) is 8.47. The topological polar surface area (TPSA) is 37.3 Å². The van der Waals surface area contributed by atoms with Crippen molar-refractivity contribution in [2.24, 2.45) is 0 Å². The molecule has 0 atom stereocenters. The number of hydrogen-bond acceptors (Lipinski definition) is 2. The highest BCUT2D eigenvalue weighted by Crippen LogP contribution is 2.14. The molecule has 0 saturated heterocycles. The predicted octanol–water partition coefficient (Wildman–Crippen LogP) is 5.99. The fourth-order valence-electron chi connectivity index (χ4n) is 2.27. The number of rotatable bonds is 12. The van der Waals surface area contributed by atoms with E-state index in [1.165, 1.54) is 12.8 Å². The van der Waals surface area contributed by atoms with Crippen LogP contribution in [0.5, 0.6) is 5.75 Å². The molecule has 2 heteroatoms. The van der Waals surface area contributed by atoms with Crippen molar-refractivity contribution in [1.82, 2.24) is 0 Å². The SMILES string of the molecule is C=CCC=CCC=CCCCCCCC(=O)c1ccc(O)cc1. The van der Waals surface area contributed by atoms with E-state index in [0.717, 1.165) is 32.1 Å². The monoisotopic (exact) mass is 312 g/mol. The molecule has 0 spiro atoms. The summed E-state index contributed by atoms with van der Waals surface area (Å²) in [6, 6.07) is 6.50. The second-order valence-electron chi connectivity index (χ2n) is 5.63. The lowest BCUT2D eigenvalue weighted by Gasteiger charge is -2.01. The molecular weight excluding hydrogens is 284 g/mol. The van der Waals surface area contributed by atoms with Gasteiger partial charge in [-0.2, -0.15) is 0 Å². The highest BCUT2D eigenvalue weighted by Gasteiger charge is 2.04. The number of benzene rings is 1. The molecule has 124 valence electrons. The van der Waals surface area contributed by atoms with Crippen LogP contribution in [0.15, 0.2) is 61.2 Å². The third-order valence-corrected chi connectivity index (χ3v) is 3.62. The van der Waals surface area contributed by atoms with E-state index in [1.54, 1.807) is 24.3 Å². The minimum absolute atomic E-state index is 0.163. The molecule has 1 aromatic carbocycles. The Bertz CT molecular complexity index is 509. The quantitative estimate of drug-likeness (QED) is 0.292. The van der Waals surface area contributed by atoms with Crippen molar-refractivity contribution in [3.8, 4) is 5.75 Å². The van der Waals surface area contributed by atoms with E-state index < -0.39 is 0 Å². The molecule has 2 nitrogen and oxygen atoms in total. The number of carbonyl (C=O) groups is 1. The van der Waals surface area contributed by atoms with Gasteiger partial charge in [0.2, 0.25) is 0 Å². The highest BCUT2D eigenvalue weighted by atomic mass is 16.3. The molecule has 1 aromatic rings. The summed E-state index contributed by atoms with van der Waals surface area (Å²) < 4.78 is 0. The van der Waals surface area contributed by atoms with Gasteiger partial charge in [0, 0.05) is 12.0 Å². The molecule has 0 unspecified atom stereocenters. The Kier molecular flexibility index (Phi) is 10.3. The average Bonchev–Trinajstić information content (AvgIpc) is 2.56. The fraction of sp³-hybridized carbons (Fsp3) is 0.381. The van der Waals surface area contributed by atoms with E-state index in [9.17, 15) is 9.90 Å². The van der Waals surface area contributed by atoms with Crippen LogP contribution < -0.4 is 0 Å². The number of unbranched alkanes of at least 4 members (excludes halogenated alkanes) is 4. The Morgan fingerprint density at radius 2 is 1.57 bits per heavy atom. The van der Waals surface area contributed by atoms with Gasteiger partial charge in [-0.25, -0.2) is 0 Å². The van der Waals surface area contributed by atoms with Crippen LogP contribution in [0.25, 0.3) is 0 Å². The van der Waals surface area contributed by atoms with Crippen molar-refractivity contribution in [1.29, 1.82) is 0 Å². The Balaban J connectivity index is 2.01. The van der Waals surface area contributed by atoms with Gasteiger partial charge in [-0.05, 0) is 56.4 Å². The molecule has 0 aromatic heterocycles. The maximum absolute atomic E-state index is 11.9. The van der Waals surface area contributed by atoms with E-state index in [2.05, 4.69) is 30.9 Å². The highest BCUT2D eigenvalue weighted by molar-refractivity contribution is 5.96. The van der Waals surface area contributed by atoms with Crippen molar-refractivity contribution in [2.45, 2.75) is 51.4 Å². The molecule has 0 aliphatic rings. The van der Waals surface area contributed by atoms with Gasteiger partial charge in [-0.3, -0.25) is 4.79 Å². The lowest BCUT2D eigenvalue weighted by Crippen LogP contribution is -1.98. The van der Waals surface area contributed by atoms with E-state index in [4.69, 9.17) is 0 Å². The number of phenolic OH excluding ortho intramolecular Hbond substituents is 1. The molecule has 0 saturated carbocycles. The van der Waals surface area contributed by atoms with E-state index >= 15 is 0 Å². The number of phenols is 1. The number of Topliss-reactive ketones (excluding diaryl/α,β-unsaturated/α-hetero) is 1. The number of carbonyl (C=O) groups excluding carboxylic acids is 1. The van der Waals surface area contributed by atoms with Crippen LogP contribution in [0.1, 0.15) is 61.7 Å². The zero-order chi connectivity index (χ0) is 16.8. The summed E-state index contributed by atoms with van der Waals surface area (Å²) in [5.74, 6) is 0.363. The minimum Gasteiger partial charge on any atom is -0.508 e. The molecule has 0 bridgehead atoms. The number of ketones is 1. The van der Waals surface area contributed by atoms with E-state index in [0.29, 0.717) is 12.0 Å². The Morgan fingerprint density at radius 1 is 0.913 bits per heavy atom. The molecule has 23 heavy (non-hydrogen) atoms. The molecule has 0 amide bonds. The average molecular weight is 312 g/mol. The van der Waals surface area contributed by atoms with Crippen molar-refractivity contribution < 1.29 is 9.90 Å². The Morgan fingerprint density at radius 3 is 2.30 bits per heavy atom. The van der Waals surface area contributed by atoms with Crippen LogP contribution >= 0.6 is 0 Å². The normalized spacial score (nSPS) is 11.3. The van der Waals surface area contributed by atoms with Gasteiger partial charge in [0.1, 0.15) is 5.75 Å². The Hall–Kier alpha value is -2.09. The fourth-order valence-corrected chi connectivity index (χ4v) is 2.27. The van der Waals surface area contributed by atoms with Gasteiger partial charge in [0.25, 0.3) is 0 Å². The number of aromatic hydroxyl groups is 1. The lowest BCUT2D eigenvalue weighted by atomic mass is 10.0. The second-order valence-corrected chi connectivity index (χ2v) is 5.63. The molecule has 0 heterocycles. The maximum Gasteiger partial charge on any atom is 0.162 e. The van der Waals surface area contributed by atoms with Gasteiger partial charge < -0.3 is 5.11 Å². The lowest BCUT2D eigenvalue weighted by molar-refractivity contribution is 0.0979. The summed E-state index contributed by atoms with van der Waals surface area (Å²) in [4.78, 5) is 11.9. The number of hydrogen-bond donors (Lipinski definition) is 1. The zero-order valence-corrected chi connectivity index (χ0v) is 13.9. The smallest absolute Gasteiger partial charge is 0.162 e. The van der Waals surface area contributed by atoms with Crippen LogP contribution in [-0.2, 0) is 0 Å². The molecule has 0 aliphatic heterocycles. The first-order chi connectivity index (χ1) is 11.2. The van der Waals surface area contributed by atoms with Crippen molar-refractivity contribution >= 4 is 5.78 Å². The minimum atomic E-state index is 0.163. The van der Waals surface area contributed by atoms with E-state index in [1.807, 2.05) is 6.08 Å². The maximum atomic E-state index is 11.9. The van der Waals surface area contributed by atoms with Crippen LogP contribution in [0.2, 0.25) is 0 Å². The summed E-state index contributed by atoms with van der Waals surface area (Å²) in [5.41, 5.74) is 0.690. The molecular formula is C21H28O2. The summed E-state index contributed by atoms with van der Waals surface area (Å²) in [6.45, 7) is 3.67. The zero-order valence-electron chi connectivity index (χ0n) is 13.9. The molecule has 0 fully saturated rings. The van der Waals surface area contributed by atoms with Crippen molar-refractivity contribution in [3.05, 3.63) is 66.8 Å². The van der Waals surface area contributed by atoms with Crippen LogP contribution in [0.4, 0.5) is 0 Å². The largest absolute Gasteiger partial charge is 0.508 e. The summed E-state index contributed by atoms with van der Waals surface area (Å²) in [6.07, 6.45) is 18.6. The first-order valence-corrected chi connectivity index (χ1v) is 8.47. The molecule has 0 aliphatic carbocycles. The van der Waals surface area contributed by atoms with Gasteiger partial charge in [-0.1, -0.05) is 43.2 Å². The molecule has 0 radical (unpaired) electrons.